The SMILES string of the molecule is O=P([O-])([O-])[O-].[Bi+3].[V]. The molecule has 4 nitrogen and oxygen atoms in total. The van der Waals surface area contributed by atoms with E-state index < -0.39 is 7.82 Å². The predicted molar refractivity (Wildman–Crippen MR) is 13.4 cm³/mol. The fourth-order valence-electron chi connectivity index (χ4n) is 0. The first-order valence-electron chi connectivity index (χ1n) is 0.730. The van der Waals surface area contributed by atoms with Crippen molar-refractivity contribution in [1.82, 2.24) is 0 Å². The van der Waals surface area contributed by atoms with E-state index in [1.54, 1.807) is 0 Å². The smallest absolute Gasteiger partial charge is 0.822 e. The molecule has 0 amide bonds. The first-order chi connectivity index (χ1) is 2.00. The third kappa shape index (κ3) is 94.7. The Morgan fingerprint density at radius 3 is 1.14 bits per heavy atom. The van der Waals surface area contributed by atoms with E-state index in [2.05, 4.69) is 0 Å². The quantitative estimate of drug-likeness (QED) is 0.338. The Kier molecular flexibility index (Phi) is 12.9. The van der Waals surface area contributed by atoms with Gasteiger partial charge in [-0.25, -0.2) is 0 Å². The zero-order valence-corrected chi connectivity index (χ0v) is 8.74. The normalized spacial score (nSPS) is 8.43. The van der Waals surface area contributed by atoms with Crippen LogP contribution in [0, 0.1) is 0 Å². The molecule has 0 aliphatic rings. The van der Waals surface area contributed by atoms with Gasteiger partial charge in [0.25, 0.3) is 0 Å². The molecule has 0 aromatic carbocycles. The fourth-order valence-corrected chi connectivity index (χ4v) is 0. The number of hydrogen-bond acceptors (Lipinski definition) is 4. The molecular formula is BiO4PV. The van der Waals surface area contributed by atoms with Gasteiger partial charge in [0.2, 0.25) is 0 Å². The zero-order valence-electron chi connectivity index (χ0n) is 2.97. The van der Waals surface area contributed by atoms with Crippen molar-refractivity contribution in [2.24, 2.45) is 0 Å². The van der Waals surface area contributed by atoms with Crippen LogP contribution in [0.1, 0.15) is 0 Å². The van der Waals surface area contributed by atoms with Crippen LogP contribution in [0.3, 0.4) is 0 Å². The van der Waals surface area contributed by atoms with Crippen LogP contribution in [0.25, 0.3) is 0 Å². The van der Waals surface area contributed by atoms with Gasteiger partial charge in [0.1, 0.15) is 0 Å². The van der Waals surface area contributed by atoms with Crippen molar-refractivity contribution in [1.29, 1.82) is 0 Å². The van der Waals surface area contributed by atoms with Crippen molar-refractivity contribution in [3.63, 3.8) is 0 Å². The third-order valence-electron chi connectivity index (χ3n) is 0. The van der Waals surface area contributed by atoms with Gasteiger partial charge in [-0.2, -0.15) is 7.82 Å². The van der Waals surface area contributed by atoms with Crippen molar-refractivity contribution in [3.05, 3.63) is 0 Å². The average Bonchev–Trinajstić information content (AvgIpc) is 0.722. The molecule has 0 heterocycles. The summed E-state index contributed by atoms with van der Waals surface area (Å²) in [6, 6.07) is 0. The Labute approximate surface area is 71.6 Å². The summed E-state index contributed by atoms with van der Waals surface area (Å²) in [5.74, 6) is 0. The van der Waals surface area contributed by atoms with Gasteiger partial charge in [-0.15, -0.1) is 0 Å². The van der Waals surface area contributed by atoms with Gasteiger partial charge in [-0.05, 0) is 0 Å². The molecule has 0 N–H and O–H groups in total. The zero-order chi connectivity index (χ0) is 4.50. The van der Waals surface area contributed by atoms with Crippen molar-refractivity contribution >= 4 is 34.0 Å². The topological polar surface area (TPSA) is 86.2 Å². The minimum atomic E-state index is -5.39. The van der Waals surface area contributed by atoms with Crippen molar-refractivity contribution in [3.8, 4) is 0 Å². The minimum Gasteiger partial charge on any atom is -0.822 e. The number of rotatable bonds is 0. The van der Waals surface area contributed by atoms with Crippen LogP contribution in [0.4, 0.5) is 0 Å². The van der Waals surface area contributed by atoms with Gasteiger partial charge in [0.15, 0.2) is 0 Å². The Morgan fingerprint density at radius 1 is 1.14 bits per heavy atom. The molecule has 0 unspecified atom stereocenters. The van der Waals surface area contributed by atoms with Gasteiger partial charge in [0, 0.05) is 18.6 Å². The second kappa shape index (κ2) is 5.71. The largest absolute Gasteiger partial charge is 3.00 e. The molecule has 0 aliphatic heterocycles. The van der Waals surface area contributed by atoms with E-state index in [9.17, 15) is 0 Å². The van der Waals surface area contributed by atoms with E-state index in [0.29, 0.717) is 0 Å². The fraction of sp³-hybridized carbons (Fsp3) is 0. The molecule has 0 atom stereocenters. The third-order valence-corrected chi connectivity index (χ3v) is 0. The summed E-state index contributed by atoms with van der Waals surface area (Å²) < 4.78 is 8.55. The first kappa shape index (κ1) is 15.8. The summed E-state index contributed by atoms with van der Waals surface area (Å²) in [5.41, 5.74) is 0. The molecule has 0 bridgehead atoms. The molecular weight excluding hydrogens is 355 g/mol. The van der Waals surface area contributed by atoms with Gasteiger partial charge >= 0.3 is 26.2 Å². The molecule has 7 heavy (non-hydrogen) atoms. The number of hydrogen-bond donors (Lipinski definition) is 0. The van der Waals surface area contributed by atoms with E-state index in [0.717, 1.165) is 0 Å². The molecule has 0 spiro atoms. The molecule has 0 saturated carbocycles. The van der Waals surface area contributed by atoms with Gasteiger partial charge in [-0.3, -0.25) is 0 Å². The second-order valence-electron chi connectivity index (χ2n) is 0.447. The standard InChI is InChI=1S/Bi.H3O4P.V/c;1-5(2,3)4;/h;(H3,1,2,3,4);/q+3;;/p-3. The summed E-state index contributed by atoms with van der Waals surface area (Å²) in [6.07, 6.45) is 0. The molecule has 39 valence electrons. The summed E-state index contributed by atoms with van der Waals surface area (Å²) in [4.78, 5) is 25.6. The van der Waals surface area contributed by atoms with Crippen LogP contribution in [-0.4, -0.2) is 26.2 Å². The summed E-state index contributed by atoms with van der Waals surface area (Å²) in [6.45, 7) is 0. The van der Waals surface area contributed by atoms with E-state index in [-0.39, 0.29) is 44.8 Å². The first-order valence-corrected chi connectivity index (χ1v) is 2.19. The molecule has 0 rings (SSSR count). The maximum Gasteiger partial charge on any atom is 3.00 e. The summed E-state index contributed by atoms with van der Waals surface area (Å²) >= 11 is 0. The van der Waals surface area contributed by atoms with E-state index in [1.165, 1.54) is 0 Å². The van der Waals surface area contributed by atoms with Crippen LogP contribution in [-0.2, 0) is 23.1 Å². The van der Waals surface area contributed by atoms with Crippen LogP contribution in [0.15, 0.2) is 0 Å². The molecule has 0 fully saturated rings. The van der Waals surface area contributed by atoms with Crippen LogP contribution in [0.2, 0.25) is 0 Å². The second-order valence-corrected chi connectivity index (χ2v) is 1.34. The molecule has 0 aromatic heterocycles. The minimum absolute atomic E-state index is 0. The van der Waals surface area contributed by atoms with Crippen LogP contribution in [0.5, 0.6) is 0 Å². The van der Waals surface area contributed by atoms with Gasteiger partial charge in [-0.1, -0.05) is 0 Å². The van der Waals surface area contributed by atoms with E-state index >= 15 is 0 Å². The van der Waals surface area contributed by atoms with Crippen LogP contribution < -0.4 is 14.7 Å². The molecule has 0 aromatic rings. The van der Waals surface area contributed by atoms with Crippen molar-refractivity contribution < 1.29 is 37.8 Å². The number of phosphoric acid groups is 1. The Balaban J connectivity index is -0.0000000800. The van der Waals surface area contributed by atoms with Crippen molar-refractivity contribution in [2.45, 2.75) is 0 Å². The molecule has 3 radical (unpaired) electrons. The Morgan fingerprint density at radius 2 is 1.14 bits per heavy atom. The van der Waals surface area contributed by atoms with Gasteiger partial charge < -0.3 is 19.2 Å². The van der Waals surface area contributed by atoms with E-state index in [4.69, 9.17) is 19.2 Å². The molecule has 0 saturated heterocycles. The predicted octanol–water partition coefficient (Wildman–Crippen LogP) is -3.21. The summed E-state index contributed by atoms with van der Waals surface area (Å²) in [7, 11) is -5.39. The molecule has 0 aliphatic carbocycles. The summed E-state index contributed by atoms with van der Waals surface area (Å²) in [5, 5.41) is 0. The van der Waals surface area contributed by atoms with Crippen LogP contribution >= 0.6 is 7.82 Å². The van der Waals surface area contributed by atoms with Gasteiger partial charge in [0.05, 0.1) is 0 Å². The average molecular weight is 355 g/mol. The maximum atomic E-state index is 8.55. The van der Waals surface area contributed by atoms with Crippen molar-refractivity contribution in [2.75, 3.05) is 0 Å². The monoisotopic (exact) mass is 355 g/mol. The Hall–Kier alpha value is 1.58. The Bertz CT molecular complexity index is 57.8. The maximum absolute atomic E-state index is 8.55. The molecule has 7 heteroatoms. The van der Waals surface area contributed by atoms with E-state index in [1.807, 2.05) is 0 Å².